The Hall–Kier alpha value is -0.0800. The van der Waals surface area contributed by atoms with Crippen LogP contribution in [0, 0.1) is 10.8 Å². The Morgan fingerprint density at radius 1 is 1.21 bits per heavy atom. The van der Waals surface area contributed by atoms with Crippen molar-refractivity contribution in [2.45, 2.75) is 40.0 Å². The van der Waals surface area contributed by atoms with Crippen LogP contribution in [0.5, 0.6) is 0 Å². The molecule has 0 spiro atoms. The molecule has 0 aliphatic carbocycles. The van der Waals surface area contributed by atoms with Gasteiger partial charge in [0.15, 0.2) is 0 Å². The zero-order chi connectivity index (χ0) is 10.8. The van der Waals surface area contributed by atoms with E-state index in [1.54, 1.807) is 0 Å². The summed E-state index contributed by atoms with van der Waals surface area (Å²) in [4.78, 5) is 2.43. The highest BCUT2D eigenvalue weighted by Crippen LogP contribution is 2.48. The van der Waals surface area contributed by atoms with Gasteiger partial charge in [0.25, 0.3) is 0 Å². The molecule has 0 saturated carbocycles. The van der Waals surface area contributed by atoms with Gasteiger partial charge in [-0.3, -0.25) is 0 Å². The Morgan fingerprint density at radius 3 is 2.07 bits per heavy atom. The summed E-state index contributed by atoms with van der Waals surface area (Å²) >= 11 is 0. The standard InChI is InChI=1S/C12H26N2/c1-11(2,3)12(5-8-13)6-9-14(4)10-7-12/h5-10,13H2,1-4H3. The number of nitrogens with two attached hydrogens (primary N) is 1. The maximum Gasteiger partial charge on any atom is -0.00163 e. The van der Waals surface area contributed by atoms with Crippen molar-refractivity contribution in [2.75, 3.05) is 26.7 Å². The molecule has 0 aromatic heterocycles. The summed E-state index contributed by atoms with van der Waals surface area (Å²) in [7, 11) is 2.22. The number of nitrogens with zero attached hydrogens (tertiary/aromatic N) is 1. The fourth-order valence-electron chi connectivity index (χ4n) is 2.70. The minimum absolute atomic E-state index is 0.396. The first kappa shape index (κ1) is 12.0. The molecule has 0 radical (unpaired) electrons. The third-order valence-electron chi connectivity index (χ3n) is 4.16. The quantitative estimate of drug-likeness (QED) is 0.736. The minimum atomic E-state index is 0.396. The first-order valence-corrected chi connectivity index (χ1v) is 5.80. The number of hydrogen-bond acceptors (Lipinski definition) is 2. The van der Waals surface area contributed by atoms with E-state index < -0.39 is 0 Å². The van der Waals surface area contributed by atoms with Gasteiger partial charge in [-0.15, -0.1) is 0 Å². The Labute approximate surface area is 88.8 Å². The Kier molecular flexibility index (Phi) is 3.59. The second kappa shape index (κ2) is 4.19. The third-order valence-corrected chi connectivity index (χ3v) is 4.16. The van der Waals surface area contributed by atoms with Crippen molar-refractivity contribution in [3.8, 4) is 0 Å². The highest BCUT2D eigenvalue weighted by atomic mass is 15.1. The van der Waals surface area contributed by atoms with Crippen LogP contribution in [0.3, 0.4) is 0 Å². The molecule has 2 N–H and O–H groups in total. The normalized spacial score (nSPS) is 23.8. The van der Waals surface area contributed by atoms with Crippen LogP contribution in [0.2, 0.25) is 0 Å². The fourth-order valence-corrected chi connectivity index (χ4v) is 2.70. The number of hydrogen-bond donors (Lipinski definition) is 1. The lowest BCUT2D eigenvalue weighted by atomic mass is 9.60. The number of piperidine rings is 1. The molecule has 2 nitrogen and oxygen atoms in total. The summed E-state index contributed by atoms with van der Waals surface area (Å²) in [5, 5.41) is 0. The van der Waals surface area contributed by atoms with E-state index in [1.807, 2.05) is 0 Å². The van der Waals surface area contributed by atoms with E-state index in [4.69, 9.17) is 5.73 Å². The van der Waals surface area contributed by atoms with Gasteiger partial charge in [-0.2, -0.15) is 0 Å². The van der Waals surface area contributed by atoms with Gasteiger partial charge in [-0.05, 0) is 56.8 Å². The molecule has 0 aromatic rings. The largest absolute Gasteiger partial charge is 0.330 e. The molecule has 1 aliphatic rings. The second-order valence-corrected chi connectivity index (χ2v) is 5.87. The molecule has 0 unspecified atom stereocenters. The zero-order valence-electron chi connectivity index (χ0n) is 10.3. The van der Waals surface area contributed by atoms with E-state index in [1.165, 1.54) is 32.4 Å². The van der Waals surface area contributed by atoms with Crippen LogP contribution < -0.4 is 5.73 Å². The van der Waals surface area contributed by atoms with Crippen molar-refractivity contribution in [2.24, 2.45) is 16.6 Å². The average Bonchev–Trinajstić information content (AvgIpc) is 2.07. The van der Waals surface area contributed by atoms with E-state index in [0.29, 0.717) is 10.8 Å². The lowest BCUT2D eigenvalue weighted by molar-refractivity contribution is 0.00735. The van der Waals surface area contributed by atoms with Crippen molar-refractivity contribution in [3.63, 3.8) is 0 Å². The van der Waals surface area contributed by atoms with Crippen molar-refractivity contribution < 1.29 is 0 Å². The summed E-state index contributed by atoms with van der Waals surface area (Å²) in [6.07, 6.45) is 3.80. The van der Waals surface area contributed by atoms with Gasteiger partial charge in [-0.1, -0.05) is 20.8 Å². The zero-order valence-corrected chi connectivity index (χ0v) is 10.3. The highest BCUT2D eigenvalue weighted by Gasteiger charge is 2.42. The van der Waals surface area contributed by atoms with E-state index in [9.17, 15) is 0 Å². The van der Waals surface area contributed by atoms with Crippen molar-refractivity contribution in [1.29, 1.82) is 0 Å². The summed E-state index contributed by atoms with van der Waals surface area (Å²) in [5.74, 6) is 0. The lowest BCUT2D eigenvalue weighted by Crippen LogP contribution is -2.46. The molecule has 0 aromatic carbocycles. The van der Waals surface area contributed by atoms with Crippen LogP contribution in [-0.4, -0.2) is 31.6 Å². The average molecular weight is 198 g/mol. The molecule has 0 atom stereocenters. The number of likely N-dealkylation sites (tertiary alicyclic amines) is 1. The van der Waals surface area contributed by atoms with E-state index >= 15 is 0 Å². The summed E-state index contributed by atoms with van der Waals surface area (Å²) < 4.78 is 0. The van der Waals surface area contributed by atoms with Gasteiger partial charge in [0.2, 0.25) is 0 Å². The van der Waals surface area contributed by atoms with Gasteiger partial charge >= 0.3 is 0 Å². The molecular formula is C12H26N2. The van der Waals surface area contributed by atoms with Crippen LogP contribution in [0.15, 0.2) is 0 Å². The molecule has 84 valence electrons. The van der Waals surface area contributed by atoms with Gasteiger partial charge in [-0.25, -0.2) is 0 Å². The Morgan fingerprint density at radius 2 is 1.71 bits per heavy atom. The van der Waals surface area contributed by atoms with E-state index in [0.717, 1.165) is 6.54 Å². The highest BCUT2D eigenvalue weighted by molar-refractivity contribution is 4.94. The molecule has 1 saturated heterocycles. The van der Waals surface area contributed by atoms with Crippen LogP contribution in [0.1, 0.15) is 40.0 Å². The third kappa shape index (κ3) is 2.29. The smallest absolute Gasteiger partial charge is 0.00163 e. The van der Waals surface area contributed by atoms with E-state index in [2.05, 4.69) is 32.7 Å². The molecule has 1 aliphatic heterocycles. The molecular weight excluding hydrogens is 172 g/mol. The van der Waals surface area contributed by atoms with Crippen LogP contribution in [0.25, 0.3) is 0 Å². The molecule has 0 amide bonds. The van der Waals surface area contributed by atoms with E-state index in [-0.39, 0.29) is 0 Å². The second-order valence-electron chi connectivity index (χ2n) is 5.87. The van der Waals surface area contributed by atoms with Crippen LogP contribution in [0.4, 0.5) is 0 Å². The van der Waals surface area contributed by atoms with Crippen LogP contribution >= 0.6 is 0 Å². The maximum absolute atomic E-state index is 5.76. The van der Waals surface area contributed by atoms with Crippen molar-refractivity contribution >= 4 is 0 Å². The van der Waals surface area contributed by atoms with Crippen molar-refractivity contribution in [3.05, 3.63) is 0 Å². The predicted octanol–water partition coefficient (Wildman–Crippen LogP) is 2.09. The predicted molar refractivity (Wildman–Crippen MR) is 62.3 cm³/mol. The Bertz CT molecular complexity index is 173. The first-order chi connectivity index (χ1) is 6.41. The fraction of sp³-hybridized carbons (Fsp3) is 1.00. The maximum atomic E-state index is 5.76. The number of rotatable bonds is 2. The van der Waals surface area contributed by atoms with Gasteiger partial charge in [0.1, 0.15) is 0 Å². The van der Waals surface area contributed by atoms with Gasteiger partial charge in [0.05, 0.1) is 0 Å². The molecule has 1 fully saturated rings. The monoisotopic (exact) mass is 198 g/mol. The van der Waals surface area contributed by atoms with Gasteiger partial charge < -0.3 is 10.6 Å². The minimum Gasteiger partial charge on any atom is -0.330 e. The topological polar surface area (TPSA) is 29.3 Å². The summed E-state index contributed by atoms with van der Waals surface area (Å²) in [6.45, 7) is 10.4. The Balaban J connectivity index is 2.73. The first-order valence-electron chi connectivity index (χ1n) is 5.80. The molecule has 1 heterocycles. The summed E-state index contributed by atoms with van der Waals surface area (Å²) in [5.41, 5.74) is 6.64. The van der Waals surface area contributed by atoms with Crippen LogP contribution in [-0.2, 0) is 0 Å². The summed E-state index contributed by atoms with van der Waals surface area (Å²) in [6, 6.07) is 0. The van der Waals surface area contributed by atoms with Crippen molar-refractivity contribution in [1.82, 2.24) is 4.90 Å². The lowest BCUT2D eigenvalue weighted by Gasteiger charge is -2.49. The van der Waals surface area contributed by atoms with Gasteiger partial charge in [0, 0.05) is 0 Å². The molecule has 1 rings (SSSR count). The SMILES string of the molecule is CN1CCC(CCN)(C(C)(C)C)CC1. The molecule has 14 heavy (non-hydrogen) atoms. The molecule has 2 heteroatoms. The molecule has 0 bridgehead atoms.